The number of aliphatic hydroxyl groups is 1. The molecule has 0 heterocycles. The van der Waals surface area contributed by atoms with Gasteiger partial charge in [0.25, 0.3) is 0 Å². The van der Waals surface area contributed by atoms with Crippen molar-refractivity contribution >= 4 is 8.07 Å². The van der Waals surface area contributed by atoms with Gasteiger partial charge in [-0.05, 0) is 12.5 Å². The molecule has 0 rings (SSSR count). The summed E-state index contributed by atoms with van der Waals surface area (Å²) in [5.74, 6) is 2.53. The molecule has 0 aromatic carbocycles. The molecule has 0 aliphatic rings. The molecule has 84 valence electrons. The molecule has 0 saturated carbocycles. The van der Waals surface area contributed by atoms with Crippen molar-refractivity contribution < 1.29 is 9.84 Å². The minimum atomic E-state index is -1.68. The van der Waals surface area contributed by atoms with Crippen LogP contribution in [0.25, 0.3) is 10.4 Å². The maximum Gasteiger partial charge on any atom is 0.163 e. The van der Waals surface area contributed by atoms with E-state index >= 15 is 0 Å². The van der Waals surface area contributed by atoms with Gasteiger partial charge in [-0.25, -0.2) is 0 Å². The first-order valence-electron chi connectivity index (χ1n) is 4.66. The first-order valence-corrected chi connectivity index (χ1v) is 8.24. The Morgan fingerprint density at radius 3 is 2.33 bits per heavy atom. The highest BCUT2D eigenvalue weighted by Gasteiger charge is 2.29. The van der Waals surface area contributed by atoms with Crippen molar-refractivity contribution in [1.82, 2.24) is 0 Å². The fraction of sp³-hybridized carbons (Fsp3) is 0.778. The van der Waals surface area contributed by atoms with Crippen molar-refractivity contribution in [2.24, 2.45) is 5.11 Å². The van der Waals surface area contributed by atoms with Gasteiger partial charge in [0.15, 0.2) is 6.23 Å². The van der Waals surface area contributed by atoms with Crippen LogP contribution in [0.2, 0.25) is 19.6 Å². The van der Waals surface area contributed by atoms with E-state index in [0.717, 1.165) is 0 Å². The molecule has 0 fully saturated rings. The molecule has 0 spiro atoms. The van der Waals surface area contributed by atoms with E-state index in [1.54, 1.807) is 0 Å². The molecular formula is C9H17N3O2Si. The van der Waals surface area contributed by atoms with E-state index in [1.165, 1.54) is 6.92 Å². The quantitative estimate of drug-likeness (QED) is 0.256. The van der Waals surface area contributed by atoms with Crippen LogP contribution >= 0.6 is 0 Å². The average molecular weight is 227 g/mol. The highest BCUT2D eigenvalue weighted by atomic mass is 28.3. The number of hydrogen-bond donors (Lipinski definition) is 1. The van der Waals surface area contributed by atoms with Crippen LogP contribution in [0.5, 0.6) is 0 Å². The number of azide groups is 1. The monoisotopic (exact) mass is 227 g/mol. The minimum absolute atomic E-state index is 0.373. The number of nitrogens with zero attached hydrogens (tertiary/aromatic N) is 3. The third kappa shape index (κ3) is 4.86. The molecule has 0 aliphatic carbocycles. The maximum atomic E-state index is 9.31. The summed E-state index contributed by atoms with van der Waals surface area (Å²) in [6, 6.07) is 0. The van der Waals surface area contributed by atoms with Crippen molar-refractivity contribution in [2.45, 2.75) is 44.6 Å². The Balaban J connectivity index is 4.66. The summed E-state index contributed by atoms with van der Waals surface area (Å²) in [6.07, 6.45) is 3.57. The number of rotatable bonds is 5. The lowest BCUT2D eigenvalue weighted by Crippen LogP contribution is -2.43. The number of ether oxygens (including phenoxy) is 1. The molecule has 0 aromatic heterocycles. The van der Waals surface area contributed by atoms with Crippen LogP contribution in [0.15, 0.2) is 5.11 Å². The highest BCUT2D eigenvalue weighted by Crippen LogP contribution is 2.15. The van der Waals surface area contributed by atoms with Crippen LogP contribution < -0.4 is 0 Å². The molecular weight excluding hydrogens is 210 g/mol. The van der Waals surface area contributed by atoms with Crippen LogP contribution in [0.3, 0.4) is 0 Å². The van der Waals surface area contributed by atoms with Crippen LogP contribution in [-0.2, 0) is 4.74 Å². The van der Waals surface area contributed by atoms with Gasteiger partial charge in [0.1, 0.15) is 5.73 Å². The zero-order valence-corrected chi connectivity index (χ0v) is 10.5. The van der Waals surface area contributed by atoms with E-state index in [0.29, 0.717) is 0 Å². The summed E-state index contributed by atoms with van der Waals surface area (Å²) in [7, 11) is -1.68. The molecule has 0 aliphatic heterocycles. The lowest BCUT2D eigenvalue weighted by atomic mass is 10.4. The number of aliphatic hydroxyl groups excluding tert-OH is 1. The third-order valence-electron chi connectivity index (χ3n) is 1.79. The van der Waals surface area contributed by atoms with Crippen molar-refractivity contribution in [2.75, 3.05) is 0 Å². The Hall–Kier alpha value is -0.993. The minimum Gasteiger partial charge on any atom is -0.391 e. The first kappa shape index (κ1) is 14.0. The van der Waals surface area contributed by atoms with E-state index in [1.807, 2.05) is 19.6 Å². The van der Waals surface area contributed by atoms with Crippen molar-refractivity contribution in [3.05, 3.63) is 10.4 Å². The van der Waals surface area contributed by atoms with Gasteiger partial charge in [-0.15, -0.1) is 6.42 Å². The molecule has 3 atom stereocenters. The van der Waals surface area contributed by atoms with Crippen molar-refractivity contribution in [3.63, 3.8) is 0 Å². The summed E-state index contributed by atoms with van der Waals surface area (Å²) in [5.41, 5.74) is 7.93. The molecule has 6 heteroatoms. The standard InChI is InChI=1S/C9H17N3O2Si/c1-6-8(15(3,4)5)14-9(7(2)13)11-12-10/h1,7-9,13H,2-5H3. The Labute approximate surface area is 91.1 Å². The van der Waals surface area contributed by atoms with E-state index < -0.39 is 20.4 Å². The first-order chi connectivity index (χ1) is 6.82. The van der Waals surface area contributed by atoms with Crippen molar-refractivity contribution in [1.29, 1.82) is 0 Å². The van der Waals surface area contributed by atoms with Gasteiger partial charge in [-0.2, -0.15) is 0 Å². The van der Waals surface area contributed by atoms with Gasteiger partial charge < -0.3 is 9.84 Å². The second-order valence-electron chi connectivity index (χ2n) is 4.38. The smallest absolute Gasteiger partial charge is 0.163 e. The normalized spacial score (nSPS) is 17.1. The lowest BCUT2D eigenvalue weighted by Gasteiger charge is -2.28. The Morgan fingerprint density at radius 1 is 1.53 bits per heavy atom. The molecule has 0 amide bonds. The largest absolute Gasteiger partial charge is 0.391 e. The molecule has 0 bridgehead atoms. The molecule has 15 heavy (non-hydrogen) atoms. The summed E-state index contributed by atoms with van der Waals surface area (Å²) in [4.78, 5) is 2.61. The van der Waals surface area contributed by atoms with Crippen LogP contribution in [0.1, 0.15) is 6.92 Å². The second kappa shape index (κ2) is 5.78. The van der Waals surface area contributed by atoms with Gasteiger partial charge in [-0.3, -0.25) is 0 Å². The zero-order valence-electron chi connectivity index (χ0n) is 9.51. The summed E-state index contributed by atoms with van der Waals surface area (Å²) in [5, 5.41) is 12.7. The van der Waals surface area contributed by atoms with Gasteiger partial charge in [0.2, 0.25) is 0 Å². The molecule has 1 N–H and O–H groups in total. The van der Waals surface area contributed by atoms with Crippen molar-refractivity contribution in [3.8, 4) is 12.3 Å². The molecule has 0 saturated heterocycles. The summed E-state index contributed by atoms with van der Waals surface area (Å²) in [6.45, 7) is 7.64. The van der Waals surface area contributed by atoms with Crippen LogP contribution in [0.4, 0.5) is 0 Å². The fourth-order valence-electron chi connectivity index (χ4n) is 0.921. The molecule has 5 nitrogen and oxygen atoms in total. The fourth-order valence-corrected chi connectivity index (χ4v) is 1.97. The Kier molecular flexibility index (Phi) is 5.40. The second-order valence-corrected chi connectivity index (χ2v) is 9.64. The van der Waals surface area contributed by atoms with E-state index in [-0.39, 0.29) is 5.73 Å². The van der Waals surface area contributed by atoms with Gasteiger partial charge >= 0.3 is 0 Å². The number of terminal acetylenes is 1. The topological polar surface area (TPSA) is 78.2 Å². The third-order valence-corrected chi connectivity index (χ3v) is 3.67. The van der Waals surface area contributed by atoms with Crippen LogP contribution in [0, 0.1) is 12.3 Å². The van der Waals surface area contributed by atoms with E-state index in [2.05, 4.69) is 15.9 Å². The maximum absolute atomic E-state index is 9.31. The molecule has 0 aromatic rings. The average Bonchev–Trinajstić information content (AvgIpc) is 2.09. The predicted molar refractivity (Wildman–Crippen MR) is 61.7 cm³/mol. The summed E-state index contributed by atoms with van der Waals surface area (Å²) >= 11 is 0. The Morgan fingerprint density at radius 2 is 2.07 bits per heavy atom. The lowest BCUT2D eigenvalue weighted by molar-refractivity contribution is -0.0266. The Bertz CT molecular complexity index is 287. The SMILES string of the molecule is C#CC(OC(N=[N+]=[N-])C(C)O)[Si](C)(C)C. The van der Waals surface area contributed by atoms with Gasteiger partial charge in [0.05, 0.1) is 14.2 Å². The number of hydrogen-bond acceptors (Lipinski definition) is 3. The van der Waals surface area contributed by atoms with E-state index in [4.69, 9.17) is 16.7 Å². The molecule has 0 radical (unpaired) electrons. The van der Waals surface area contributed by atoms with Crippen LogP contribution in [-0.4, -0.2) is 31.2 Å². The van der Waals surface area contributed by atoms with Gasteiger partial charge in [0, 0.05) is 4.91 Å². The van der Waals surface area contributed by atoms with E-state index in [9.17, 15) is 5.11 Å². The zero-order chi connectivity index (χ0) is 12.1. The predicted octanol–water partition coefficient (Wildman–Crippen LogP) is 1.90. The molecule has 3 unspecified atom stereocenters. The summed E-state index contributed by atoms with van der Waals surface area (Å²) < 4.78 is 5.42. The van der Waals surface area contributed by atoms with Gasteiger partial charge in [-0.1, -0.05) is 30.7 Å². The highest BCUT2D eigenvalue weighted by molar-refractivity contribution is 6.78.